The first-order valence-corrected chi connectivity index (χ1v) is 13.8. The van der Waals surface area contributed by atoms with Gasteiger partial charge in [0.25, 0.3) is 0 Å². The summed E-state index contributed by atoms with van der Waals surface area (Å²) in [6, 6.07) is 34.8. The first-order chi connectivity index (χ1) is 19.6. The second kappa shape index (κ2) is 12.4. The maximum Gasteiger partial charge on any atom is 0.0464 e. The average molecular weight is 521 g/mol. The second-order valence-corrected chi connectivity index (χ2v) is 10.1. The maximum absolute atomic E-state index is 4.05. The lowest BCUT2D eigenvalue weighted by Gasteiger charge is -2.28. The molecule has 2 heteroatoms. The van der Waals surface area contributed by atoms with Gasteiger partial charge < -0.3 is 9.80 Å². The van der Waals surface area contributed by atoms with Crippen molar-refractivity contribution in [1.82, 2.24) is 0 Å². The Balaban J connectivity index is 1.46. The fraction of sp³-hybridized carbons (Fsp3) is 0.105. The number of hydrogen-bond acceptors (Lipinski definition) is 2. The number of nitrogens with zero attached hydrogens (tertiary/aromatic N) is 2. The molecule has 4 aromatic carbocycles. The van der Waals surface area contributed by atoms with E-state index >= 15 is 0 Å². The Labute approximate surface area is 239 Å². The fourth-order valence-corrected chi connectivity index (χ4v) is 5.15. The number of aryl methyl sites for hydroxylation is 2. The molecule has 0 amide bonds. The molecule has 0 saturated carbocycles. The summed E-state index contributed by atoms with van der Waals surface area (Å²) in [5, 5.41) is 0. The van der Waals surface area contributed by atoms with E-state index in [1.54, 1.807) is 6.08 Å². The maximum atomic E-state index is 4.05. The molecule has 4 aromatic rings. The monoisotopic (exact) mass is 520 g/mol. The molecule has 2 nitrogen and oxygen atoms in total. The fourth-order valence-electron chi connectivity index (χ4n) is 5.15. The molecule has 5 rings (SSSR count). The molecule has 0 aliphatic heterocycles. The first-order valence-electron chi connectivity index (χ1n) is 13.8. The molecule has 1 aliphatic carbocycles. The van der Waals surface area contributed by atoms with Crippen LogP contribution in [0.25, 0.3) is 11.1 Å². The van der Waals surface area contributed by atoms with Crippen LogP contribution in [0.15, 0.2) is 158 Å². The summed E-state index contributed by atoms with van der Waals surface area (Å²) in [6.45, 7) is 12.2. The van der Waals surface area contributed by atoms with Crippen LogP contribution >= 0.6 is 0 Å². The van der Waals surface area contributed by atoms with Crippen LogP contribution in [0.2, 0.25) is 0 Å². The van der Waals surface area contributed by atoms with Gasteiger partial charge in [-0.15, -0.1) is 0 Å². The summed E-state index contributed by atoms with van der Waals surface area (Å²) in [4.78, 5) is 4.55. The van der Waals surface area contributed by atoms with Crippen molar-refractivity contribution in [2.24, 2.45) is 0 Å². The number of anilines is 4. The smallest absolute Gasteiger partial charge is 0.0464 e. The van der Waals surface area contributed by atoms with E-state index < -0.39 is 0 Å². The molecule has 0 fully saturated rings. The van der Waals surface area contributed by atoms with E-state index in [9.17, 15) is 0 Å². The lowest BCUT2D eigenvalue weighted by molar-refractivity contribution is 0.997. The highest BCUT2D eigenvalue weighted by atomic mass is 15.2. The van der Waals surface area contributed by atoms with Crippen LogP contribution in [0.4, 0.5) is 22.7 Å². The van der Waals surface area contributed by atoms with Gasteiger partial charge >= 0.3 is 0 Å². The van der Waals surface area contributed by atoms with E-state index in [0.29, 0.717) is 0 Å². The largest absolute Gasteiger partial charge is 0.311 e. The van der Waals surface area contributed by atoms with Crippen molar-refractivity contribution in [2.75, 3.05) is 9.80 Å². The Morgan fingerprint density at radius 1 is 0.675 bits per heavy atom. The topological polar surface area (TPSA) is 6.48 Å². The predicted octanol–water partition coefficient (Wildman–Crippen LogP) is 10.7. The second-order valence-electron chi connectivity index (χ2n) is 10.1. The van der Waals surface area contributed by atoms with Gasteiger partial charge in [0.2, 0.25) is 0 Å². The Hall–Kier alpha value is -4.82. The quantitative estimate of drug-likeness (QED) is 0.203. The van der Waals surface area contributed by atoms with Crippen molar-refractivity contribution in [3.63, 3.8) is 0 Å². The standard InChI is InChI=1S/C38H36N2/c1-5-12-33(6-2)39(37-17-10-13-29(3)27-37)35-23-19-31(20-24-35)32-21-25-36(26-22-32)40(34-15-8-7-9-16-34)38-18-11-14-30(4)28-38/h5-6,8,10-28H,1-2,7,9H2,3-4H3/b33-12+. The highest BCUT2D eigenvalue weighted by Gasteiger charge is 2.16. The molecule has 0 unspecified atom stereocenters. The number of allylic oxidation sites excluding steroid dienone is 6. The summed E-state index contributed by atoms with van der Waals surface area (Å²) in [6.07, 6.45) is 14.6. The molecule has 0 N–H and O–H groups in total. The summed E-state index contributed by atoms with van der Waals surface area (Å²) in [5.41, 5.74) is 11.5. The zero-order valence-corrected chi connectivity index (χ0v) is 23.4. The van der Waals surface area contributed by atoms with Crippen molar-refractivity contribution in [2.45, 2.75) is 26.7 Å². The van der Waals surface area contributed by atoms with Crippen molar-refractivity contribution in [3.05, 3.63) is 169 Å². The van der Waals surface area contributed by atoms with E-state index in [1.165, 1.54) is 33.6 Å². The van der Waals surface area contributed by atoms with Crippen molar-refractivity contribution >= 4 is 22.7 Å². The van der Waals surface area contributed by atoms with Crippen LogP contribution in [-0.4, -0.2) is 0 Å². The number of hydrogen-bond donors (Lipinski definition) is 0. The summed E-state index contributed by atoms with van der Waals surface area (Å²) in [5.74, 6) is 0. The highest BCUT2D eigenvalue weighted by Crippen LogP contribution is 2.36. The predicted molar refractivity (Wildman–Crippen MR) is 173 cm³/mol. The molecule has 0 heterocycles. The van der Waals surface area contributed by atoms with Gasteiger partial charge in [-0.05, 0) is 116 Å². The van der Waals surface area contributed by atoms with Gasteiger partial charge in [-0.3, -0.25) is 0 Å². The SMILES string of the molecule is C=C/C=C(\C=C)N(c1ccc(-c2ccc(N(C3=CCCC=C3)c3cccc(C)c3)cc2)cc1)c1cccc(C)c1. The Morgan fingerprint density at radius 2 is 1.27 bits per heavy atom. The minimum Gasteiger partial charge on any atom is -0.311 e. The van der Waals surface area contributed by atoms with Crippen LogP contribution in [0.5, 0.6) is 0 Å². The number of benzene rings is 4. The van der Waals surface area contributed by atoms with Crippen molar-refractivity contribution in [1.29, 1.82) is 0 Å². The Morgan fingerprint density at radius 3 is 1.82 bits per heavy atom. The third-order valence-corrected chi connectivity index (χ3v) is 7.09. The van der Waals surface area contributed by atoms with E-state index in [4.69, 9.17) is 0 Å². The minimum atomic E-state index is 0.972. The summed E-state index contributed by atoms with van der Waals surface area (Å²) >= 11 is 0. The van der Waals surface area contributed by atoms with E-state index in [-0.39, 0.29) is 0 Å². The minimum absolute atomic E-state index is 0.972. The van der Waals surface area contributed by atoms with Crippen LogP contribution < -0.4 is 9.80 Å². The molecule has 0 spiro atoms. The van der Waals surface area contributed by atoms with E-state index in [0.717, 1.165) is 35.6 Å². The molecule has 198 valence electrons. The molecule has 0 atom stereocenters. The van der Waals surface area contributed by atoms with Crippen LogP contribution in [-0.2, 0) is 0 Å². The lowest BCUT2D eigenvalue weighted by Crippen LogP contribution is -2.16. The molecule has 1 aliphatic rings. The van der Waals surface area contributed by atoms with Gasteiger partial charge in [0.15, 0.2) is 0 Å². The van der Waals surface area contributed by atoms with Crippen LogP contribution in [0.1, 0.15) is 24.0 Å². The highest BCUT2D eigenvalue weighted by molar-refractivity contribution is 5.76. The molecule has 0 aromatic heterocycles. The van der Waals surface area contributed by atoms with Crippen LogP contribution in [0, 0.1) is 13.8 Å². The van der Waals surface area contributed by atoms with Crippen LogP contribution in [0.3, 0.4) is 0 Å². The van der Waals surface area contributed by atoms with Crippen molar-refractivity contribution < 1.29 is 0 Å². The molecule has 40 heavy (non-hydrogen) atoms. The molecular formula is C38H36N2. The molecule has 0 radical (unpaired) electrons. The molecular weight excluding hydrogens is 484 g/mol. The van der Waals surface area contributed by atoms with E-state index in [2.05, 4.69) is 152 Å². The average Bonchev–Trinajstić information content (AvgIpc) is 2.98. The summed E-state index contributed by atoms with van der Waals surface area (Å²) in [7, 11) is 0. The third kappa shape index (κ3) is 5.92. The normalized spacial score (nSPS) is 12.9. The summed E-state index contributed by atoms with van der Waals surface area (Å²) < 4.78 is 0. The number of rotatable bonds is 9. The Bertz CT molecular complexity index is 1580. The van der Waals surface area contributed by atoms with Gasteiger partial charge in [0, 0.05) is 34.1 Å². The van der Waals surface area contributed by atoms with Crippen molar-refractivity contribution in [3.8, 4) is 11.1 Å². The van der Waals surface area contributed by atoms with Gasteiger partial charge in [-0.1, -0.05) is 79.9 Å². The molecule has 0 bridgehead atoms. The Kier molecular flexibility index (Phi) is 8.27. The van der Waals surface area contributed by atoms with Gasteiger partial charge in [0.1, 0.15) is 0 Å². The third-order valence-electron chi connectivity index (χ3n) is 7.09. The van der Waals surface area contributed by atoms with Gasteiger partial charge in [0.05, 0.1) is 0 Å². The first kappa shape index (κ1) is 26.8. The molecule has 0 saturated heterocycles. The van der Waals surface area contributed by atoms with Gasteiger partial charge in [-0.2, -0.15) is 0 Å². The lowest BCUT2D eigenvalue weighted by atomic mass is 10.0. The zero-order valence-electron chi connectivity index (χ0n) is 23.4. The van der Waals surface area contributed by atoms with Gasteiger partial charge in [-0.25, -0.2) is 0 Å². The van der Waals surface area contributed by atoms with E-state index in [1.807, 2.05) is 12.2 Å². The zero-order chi connectivity index (χ0) is 27.9.